The maximum absolute atomic E-state index is 13.1. The summed E-state index contributed by atoms with van der Waals surface area (Å²) in [6.07, 6.45) is 4.88. The zero-order chi connectivity index (χ0) is 33.9. The first-order chi connectivity index (χ1) is 21.8. The molecule has 0 radical (unpaired) electrons. The molecule has 46 heavy (non-hydrogen) atoms. The Kier molecular flexibility index (Phi) is 14.0. The lowest BCUT2D eigenvalue weighted by Gasteiger charge is -2.49. The molecule has 3 heterocycles. The number of piperidine rings is 1. The van der Waals surface area contributed by atoms with Gasteiger partial charge < -0.3 is 15.0 Å². The molecule has 9 heteroatoms. The third-order valence-electron chi connectivity index (χ3n) is 8.92. The van der Waals surface area contributed by atoms with Gasteiger partial charge in [0.1, 0.15) is 0 Å². The van der Waals surface area contributed by atoms with Gasteiger partial charge >= 0.3 is 6.18 Å². The highest BCUT2D eigenvalue weighted by molar-refractivity contribution is 6.06. The molecule has 1 aliphatic carbocycles. The van der Waals surface area contributed by atoms with Gasteiger partial charge in [0.15, 0.2) is 0 Å². The Morgan fingerprint density at radius 1 is 1.13 bits per heavy atom. The van der Waals surface area contributed by atoms with Gasteiger partial charge in [0, 0.05) is 73.6 Å². The summed E-state index contributed by atoms with van der Waals surface area (Å²) >= 11 is 0. The van der Waals surface area contributed by atoms with E-state index in [0.717, 1.165) is 85.7 Å². The van der Waals surface area contributed by atoms with Crippen molar-refractivity contribution in [3.63, 3.8) is 0 Å². The summed E-state index contributed by atoms with van der Waals surface area (Å²) in [5.41, 5.74) is 3.05. The van der Waals surface area contributed by atoms with Crippen LogP contribution in [-0.4, -0.2) is 83.9 Å². The molecular weight excluding hydrogens is 589 g/mol. The van der Waals surface area contributed by atoms with Gasteiger partial charge in [-0.1, -0.05) is 56.7 Å². The summed E-state index contributed by atoms with van der Waals surface area (Å²) < 4.78 is 42.1. The molecule has 1 aromatic carbocycles. The summed E-state index contributed by atoms with van der Waals surface area (Å²) in [6.45, 7) is 21.2. The predicted molar refractivity (Wildman–Crippen MR) is 182 cm³/mol. The van der Waals surface area contributed by atoms with Gasteiger partial charge in [0.25, 0.3) is 5.91 Å². The highest BCUT2D eigenvalue weighted by atomic mass is 19.4. The van der Waals surface area contributed by atoms with Gasteiger partial charge in [0.2, 0.25) is 0 Å². The van der Waals surface area contributed by atoms with E-state index in [1.54, 1.807) is 6.20 Å². The van der Waals surface area contributed by atoms with Gasteiger partial charge in [-0.2, -0.15) is 13.2 Å². The lowest BCUT2D eigenvalue weighted by molar-refractivity contribution is -0.0878. The van der Waals surface area contributed by atoms with Crippen LogP contribution < -0.4 is 5.32 Å². The zero-order valence-corrected chi connectivity index (χ0v) is 28.6. The average Bonchev–Trinajstić information content (AvgIpc) is 3.38. The van der Waals surface area contributed by atoms with Crippen LogP contribution in [0, 0.1) is 0 Å². The van der Waals surface area contributed by atoms with Crippen molar-refractivity contribution in [2.45, 2.75) is 97.5 Å². The molecule has 0 bridgehead atoms. The maximum atomic E-state index is 13.1. The SMILES string of the molecule is C=C(/C=C\C1=C(C)CC(OCC)C1)C(F)(F)F.CC1CN(C2(C)CCN(C(=O)c3cccc4ncccc34)CC2)CCN1.CCC. The second kappa shape index (κ2) is 17.2. The number of halogens is 3. The molecule has 0 spiro atoms. The van der Waals surface area contributed by atoms with Crippen LogP contribution in [0.1, 0.15) is 84.0 Å². The summed E-state index contributed by atoms with van der Waals surface area (Å²) in [5.74, 6) is 0.138. The number of alkyl halides is 3. The number of hydrogen-bond donors (Lipinski definition) is 1. The molecule has 2 fully saturated rings. The van der Waals surface area contributed by atoms with E-state index < -0.39 is 11.7 Å². The molecule has 5 rings (SSSR count). The molecule has 3 aliphatic rings. The van der Waals surface area contributed by atoms with Crippen molar-refractivity contribution in [1.29, 1.82) is 0 Å². The number of fused-ring (bicyclic) bond motifs is 1. The Morgan fingerprint density at radius 3 is 2.46 bits per heavy atom. The largest absolute Gasteiger partial charge is 0.415 e. The minimum absolute atomic E-state index is 0.110. The van der Waals surface area contributed by atoms with E-state index in [1.165, 1.54) is 12.5 Å². The van der Waals surface area contributed by atoms with E-state index in [9.17, 15) is 18.0 Å². The molecular formula is C37H53F3N4O2. The van der Waals surface area contributed by atoms with Crippen LogP contribution in [-0.2, 0) is 4.74 Å². The number of nitrogens with one attached hydrogen (secondary N) is 1. The number of hydrogen-bond acceptors (Lipinski definition) is 5. The van der Waals surface area contributed by atoms with Crippen LogP contribution in [0.5, 0.6) is 0 Å². The molecule has 1 amide bonds. The molecule has 2 aromatic rings. The number of amides is 1. The predicted octanol–water partition coefficient (Wildman–Crippen LogP) is 8.12. The number of allylic oxidation sites excluding steroid dienone is 3. The minimum Gasteiger partial charge on any atom is -0.378 e. The first-order valence-electron chi connectivity index (χ1n) is 16.7. The number of ether oxygens (including phenoxy) is 1. The van der Waals surface area contributed by atoms with Gasteiger partial charge in [-0.15, -0.1) is 0 Å². The zero-order valence-electron chi connectivity index (χ0n) is 28.6. The van der Waals surface area contributed by atoms with E-state index in [4.69, 9.17) is 4.74 Å². The quantitative estimate of drug-likeness (QED) is 0.323. The Balaban J connectivity index is 0.000000250. The number of carbonyl (C=O) groups is 1. The molecule has 2 saturated heterocycles. The molecule has 2 aliphatic heterocycles. The van der Waals surface area contributed by atoms with Gasteiger partial charge in [-0.3, -0.25) is 14.7 Å². The molecule has 2 atom stereocenters. The van der Waals surface area contributed by atoms with Crippen LogP contribution in [0.4, 0.5) is 13.2 Å². The number of piperazine rings is 1. The lowest BCUT2D eigenvalue weighted by Crippen LogP contribution is -2.61. The first-order valence-corrected chi connectivity index (χ1v) is 16.7. The fourth-order valence-corrected chi connectivity index (χ4v) is 6.21. The average molecular weight is 643 g/mol. The van der Waals surface area contributed by atoms with Crippen LogP contribution in [0.25, 0.3) is 10.9 Å². The summed E-state index contributed by atoms with van der Waals surface area (Å²) in [5, 5.41) is 4.47. The van der Waals surface area contributed by atoms with Crippen molar-refractivity contribution < 1.29 is 22.7 Å². The van der Waals surface area contributed by atoms with Crippen molar-refractivity contribution in [1.82, 2.24) is 20.1 Å². The number of likely N-dealkylation sites (tertiary alicyclic amines) is 1. The van der Waals surface area contributed by atoms with Gasteiger partial charge in [-0.25, -0.2) is 0 Å². The summed E-state index contributed by atoms with van der Waals surface area (Å²) in [7, 11) is 0. The number of nitrogens with zero attached hydrogens (tertiary/aromatic N) is 3. The number of carbonyl (C=O) groups excluding carboxylic acids is 1. The van der Waals surface area contributed by atoms with Crippen molar-refractivity contribution in [3.05, 3.63) is 77.5 Å². The monoisotopic (exact) mass is 642 g/mol. The van der Waals surface area contributed by atoms with Crippen molar-refractivity contribution in [2.24, 2.45) is 0 Å². The van der Waals surface area contributed by atoms with Gasteiger partial charge in [-0.05, 0) is 77.2 Å². The molecule has 1 N–H and O–H groups in total. The van der Waals surface area contributed by atoms with Crippen molar-refractivity contribution >= 4 is 16.8 Å². The number of rotatable bonds is 6. The van der Waals surface area contributed by atoms with Crippen molar-refractivity contribution in [3.8, 4) is 0 Å². The minimum atomic E-state index is -4.34. The van der Waals surface area contributed by atoms with E-state index >= 15 is 0 Å². The topological polar surface area (TPSA) is 57.7 Å². The highest BCUT2D eigenvalue weighted by Crippen LogP contribution is 2.32. The fourth-order valence-electron chi connectivity index (χ4n) is 6.21. The number of aromatic nitrogens is 1. The first kappa shape index (κ1) is 37.4. The van der Waals surface area contributed by atoms with Crippen molar-refractivity contribution in [2.75, 3.05) is 39.3 Å². The second-order valence-corrected chi connectivity index (χ2v) is 12.8. The fraction of sp³-hybridized carbons (Fsp3) is 0.568. The highest BCUT2D eigenvalue weighted by Gasteiger charge is 2.38. The van der Waals surface area contributed by atoms with E-state index in [0.29, 0.717) is 19.1 Å². The molecule has 2 unspecified atom stereocenters. The Labute approximate surface area is 273 Å². The third kappa shape index (κ3) is 10.2. The third-order valence-corrected chi connectivity index (χ3v) is 8.92. The molecule has 6 nitrogen and oxygen atoms in total. The van der Waals surface area contributed by atoms with E-state index in [1.807, 2.05) is 49.1 Å². The molecule has 0 saturated carbocycles. The normalized spacial score (nSPS) is 21.9. The Morgan fingerprint density at radius 2 is 1.83 bits per heavy atom. The maximum Gasteiger partial charge on any atom is 0.415 e. The number of benzene rings is 1. The van der Waals surface area contributed by atoms with E-state index in [2.05, 4.69) is 49.5 Å². The standard InChI is InChI=1S/C21H28N4O.C13H17F3O.C3H8/c1-16-15-25(14-11-22-16)21(2)8-12-24(13-9-21)20(26)18-5-3-7-19-17(18)6-4-10-23-19;1-4-17-12-7-9(2)11(8-12)6-5-10(3)13(14,15)16;1-3-2/h3-7,10,16,22H,8-9,11-15H2,1-2H3;5-6,12H,3-4,7-8H2,1-2H3;3H2,1-2H3/b;6-5-;. The second-order valence-electron chi connectivity index (χ2n) is 12.8. The Hall–Kier alpha value is -3.01. The van der Waals surface area contributed by atoms with Crippen LogP contribution in [0.15, 0.2) is 72.0 Å². The smallest absolute Gasteiger partial charge is 0.378 e. The van der Waals surface area contributed by atoms with E-state index in [-0.39, 0.29) is 17.6 Å². The van der Waals surface area contributed by atoms with Crippen LogP contribution in [0.2, 0.25) is 0 Å². The summed E-state index contributed by atoms with van der Waals surface area (Å²) in [4.78, 5) is 22.2. The van der Waals surface area contributed by atoms with Crippen LogP contribution >= 0.6 is 0 Å². The van der Waals surface area contributed by atoms with Gasteiger partial charge in [0.05, 0.1) is 11.6 Å². The Bertz CT molecular complexity index is 1360. The lowest BCUT2D eigenvalue weighted by atomic mass is 9.86. The molecule has 1 aromatic heterocycles. The number of pyridine rings is 1. The van der Waals surface area contributed by atoms with Crippen LogP contribution in [0.3, 0.4) is 0 Å². The molecule has 254 valence electrons. The summed E-state index contributed by atoms with van der Waals surface area (Å²) in [6, 6.07) is 10.3.